The first-order valence-corrected chi connectivity index (χ1v) is 2.39. The molecule has 0 aliphatic carbocycles. The fraction of sp³-hybridized carbons (Fsp3) is 0. The lowest BCUT2D eigenvalue weighted by Crippen LogP contribution is -1.76. The maximum Gasteiger partial charge on any atom is 0.182 e. The zero-order chi connectivity index (χ0) is 6.10. The van der Waals surface area contributed by atoms with Crippen molar-refractivity contribution in [3.8, 4) is 0 Å². The average molecular weight is 120 g/mol. The van der Waals surface area contributed by atoms with Crippen molar-refractivity contribution in [3.63, 3.8) is 0 Å². The van der Waals surface area contributed by atoms with Crippen LogP contribution in [0.5, 0.6) is 0 Å². The molecule has 0 aromatic carbocycles. The van der Waals surface area contributed by atoms with Gasteiger partial charge in [-0.1, -0.05) is 0 Å². The Kier molecular flexibility index (Phi) is 0.745. The smallest absolute Gasteiger partial charge is 0.182 e. The average Bonchev–Trinajstić information content (AvgIpc) is 2.33. The van der Waals surface area contributed by atoms with Crippen LogP contribution in [0.2, 0.25) is 0 Å². The van der Waals surface area contributed by atoms with Gasteiger partial charge < -0.3 is 4.42 Å². The van der Waals surface area contributed by atoms with Crippen molar-refractivity contribution in [1.29, 1.82) is 0 Å². The maximum atomic E-state index is 4.87. The van der Waals surface area contributed by atoms with Gasteiger partial charge in [-0.2, -0.15) is 5.10 Å². The van der Waals surface area contributed by atoms with Crippen LogP contribution in [0.25, 0.3) is 11.1 Å². The van der Waals surface area contributed by atoms with E-state index in [1.165, 1.54) is 12.6 Å². The van der Waals surface area contributed by atoms with Gasteiger partial charge in [0.15, 0.2) is 12.0 Å². The summed E-state index contributed by atoms with van der Waals surface area (Å²) in [4.78, 5) is 3.79. The summed E-state index contributed by atoms with van der Waals surface area (Å²) in [5.41, 5.74) is 1.23. The number of nitrogens with zero attached hydrogens (tertiary/aromatic N) is 3. The van der Waals surface area contributed by atoms with E-state index in [2.05, 4.69) is 21.4 Å². The van der Waals surface area contributed by atoms with Gasteiger partial charge in [0.05, 0.1) is 6.20 Å². The number of oxazole rings is 1. The molecule has 1 radical (unpaired) electrons. The first-order chi connectivity index (χ1) is 4.47. The van der Waals surface area contributed by atoms with E-state index in [0.717, 1.165) is 0 Å². The van der Waals surface area contributed by atoms with Crippen molar-refractivity contribution in [2.75, 3.05) is 0 Å². The minimum Gasteiger partial charge on any atom is -0.442 e. The molecule has 0 atom stereocenters. The molecule has 0 spiro atoms. The fourth-order valence-electron chi connectivity index (χ4n) is 0.588. The summed E-state index contributed by atoms with van der Waals surface area (Å²) < 4.78 is 4.87. The Morgan fingerprint density at radius 1 is 1.56 bits per heavy atom. The second kappa shape index (κ2) is 1.51. The second-order valence-corrected chi connectivity index (χ2v) is 1.52. The van der Waals surface area contributed by atoms with Gasteiger partial charge in [0.2, 0.25) is 0 Å². The predicted octanol–water partition coefficient (Wildman–Crippen LogP) is 0.418. The van der Waals surface area contributed by atoms with Gasteiger partial charge in [-0.15, -0.1) is 5.10 Å². The van der Waals surface area contributed by atoms with E-state index in [9.17, 15) is 0 Å². The molecule has 2 rings (SSSR count). The zero-order valence-corrected chi connectivity index (χ0v) is 4.40. The molecule has 4 heteroatoms. The van der Waals surface area contributed by atoms with Crippen LogP contribution in [-0.2, 0) is 0 Å². The van der Waals surface area contributed by atoms with Gasteiger partial charge in [0, 0.05) is 0 Å². The van der Waals surface area contributed by atoms with Crippen molar-refractivity contribution in [2.45, 2.75) is 0 Å². The van der Waals surface area contributed by atoms with Gasteiger partial charge in [-0.3, -0.25) is 0 Å². The molecule has 0 aliphatic heterocycles. The van der Waals surface area contributed by atoms with Crippen LogP contribution in [0.4, 0.5) is 0 Å². The monoisotopic (exact) mass is 120 g/mol. The molecule has 0 bridgehead atoms. The number of hydrogen-bond donors (Lipinski definition) is 0. The Balaban J connectivity index is 2.95. The van der Waals surface area contributed by atoms with Crippen LogP contribution >= 0.6 is 0 Å². The number of aromatic nitrogens is 3. The van der Waals surface area contributed by atoms with E-state index in [1.54, 1.807) is 0 Å². The minimum atomic E-state index is 0.616. The summed E-state index contributed by atoms with van der Waals surface area (Å²) >= 11 is 0. The van der Waals surface area contributed by atoms with E-state index >= 15 is 0 Å². The Hall–Kier alpha value is -1.45. The Morgan fingerprint density at radius 2 is 2.56 bits per heavy atom. The lowest BCUT2D eigenvalue weighted by atomic mass is 10.5. The van der Waals surface area contributed by atoms with E-state index in [0.29, 0.717) is 11.1 Å². The summed E-state index contributed by atoms with van der Waals surface area (Å²) in [6.45, 7) is 0. The molecular weight excluding hydrogens is 118 g/mol. The van der Waals surface area contributed by atoms with E-state index in [4.69, 9.17) is 4.42 Å². The van der Waals surface area contributed by atoms with Gasteiger partial charge in [0.25, 0.3) is 0 Å². The van der Waals surface area contributed by atoms with Crippen LogP contribution in [0.3, 0.4) is 0 Å². The normalized spacial score (nSPS) is 10.2. The molecule has 9 heavy (non-hydrogen) atoms. The van der Waals surface area contributed by atoms with Crippen LogP contribution in [-0.4, -0.2) is 15.2 Å². The molecule has 0 saturated heterocycles. The van der Waals surface area contributed by atoms with Crippen LogP contribution in [0, 0.1) is 6.20 Å². The molecule has 43 valence electrons. The molecule has 0 saturated carbocycles. The Bertz CT molecular complexity index is 286. The molecule has 0 unspecified atom stereocenters. The van der Waals surface area contributed by atoms with Crippen molar-refractivity contribution in [2.24, 2.45) is 0 Å². The summed E-state index contributed by atoms with van der Waals surface area (Å²) in [7, 11) is 0. The highest BCUT2D eigenvalue weighted by Crippen LogP contribution is 2.05. The summed E-state index contributed by atoms with van der Waals surface area (Å²) in [5.74, 6) is 0. The number of fused-ring (bicyclic) bond motifs is 1. The van der Waals surface area contributed by atoms with Gasteiger partial charge in [0.1, 0.15) is 11.7 Å². The minimum absolute atomic E-state index is 0.616. The number of hydrogen-bond acceptors (Lipinski definition) is 4. The highest BCUT2D eigenvalue weighted by Gasteiger charge is 1.94. The molecule has 0 fully saturated rings. The van der Waals surface area contributed by atoms with E-state index < -0.39 is 0 Å². The van der Waals surface area contributed by atoms with Crippen LogP contribution in [0.1, 0.15) is 0 Å². The van der Waals surface area contributed by atoms with Gasteiger partial charge in [-0.25, -0.2) is 4.98 Å². The number of rotatable bonds is 0. The quantitative estimate of drug-likeness (QED) is 0.505. The standard InChI is InChI=1S/C5H2N3O/c1-4-5(2-8-7-1)9-3-6-4/h2-3H. The molecule has 0 aliphatic rings. The largest absolute Gasteiger partial charge is 0.442 e. The summed E-state index contributed by atoms with van der Waals surface area (Å²) in [6.07, 6.45) is 5.40. The van der Waals surface area contributed by atoms with Crippen molar-refractivity contribution in [3.05, 3.63) is 18.8 Å². The summed E-state index contributed by atoms with van der Waals surface area (Å²) in [6, 6.07) is 0. The molecule has 2 aromatic heterocycles. The SMILES string of the molecule is [c]1nncc2ocnc12. The third-order valence-electron chi connectivity index (χ3n) is 0.983. The molecule has 2 aromatic rings. The first-order valence-electron chi connectivity index (χ1n) is 2.39. The zero-order valence-electron chi connectivity index (χ0n) is 4.40. The van der Waals surface area contributed by atoms with Gasteiger partial charge in [-0.05, 0) is 0 Å². The highest BCUT2D eigenvalue weighted by atomic mass is 16.3. The summed E-state index contributed by atoms with van der Waals surface area (Å²) in [5, 5.41) is 7.03. The predicted molar refractivity (Wildman–Crippen MR) is 28.4 cm³/mol. The molecule has 0 N–H and O–H groups in total. The van der Waals surface area contributed by atoms with E-state index in [1.807, 2.05) is 0 Å². The van der Waals surface area contributed by atoms with Crippen LogP contribution in [0.15, 0.2) is 17.0 Å². The second-order valence-electron chi connectivity index (χ2n) is 1.52. The molecular formula is C5H2N3O. The Labute approximate surface area is 50.5 Å². The van der Waals surface area contributed by atoms with E-state index in [-0.39, 0.29) is 0 Å². The third kappa shape index (κ3) is 0.561. The fourth-order valence-corrected chi connectivity index (χ4v) is 0.588. The third-order valence-corrected chi connectivity index (χ3v) is 0.983. The maximum absolute atomic E-state index is 4.87. The molecule has 0 amide bonds. The van der Waals surface area contributed by atoms with Crippen LogP contribution < -0.4 is 0 Å². The lowest BCUT2D eigenvalue weighted by Gasteiger charge is -1.76. The first kappa shape index (κ1) is 4.43. The van der Waals surface area contributed by atoms with Gasteiger partial charge >= 0.3 is 0 Å². The lowest BCUT2D eigenvalue weighted by molar-refractivity contribution is 0.600. The van der Waals surface area contributed by atoms with Crippen molar-refractivity contribution < 1.29 is 4.42 Å². The molecule has 4 nitrogen and oxygen atoms in total. The Morgan fingerprint density at radius 3 is 3.44 bits per heavy atom. The van der Waals surface area contributed by atoms with Crippen molar-refractivity contribution in [1.82, 2.24) is 15.2 Å². The molecule has 2 heterocycles. The topological polar surface area (TPSA) is 51.8 Å². The highest BCUT2D eigenvalue weighted by molar-refractivity contribution is 5.68. The van der Waals surface area contributed by atoms with Crippen molar-refractivity contribution >= 4 is 11.1 Å².